The molecule has 1 heterocycles. The van der Waals surface area contributed by atoms with Crippen LogP contribution in [0.1, 0.15) is 32.6 Å². The average molecular weight is 242 g/mol. The molecule has 1 aliphatic rings. The molecule has 98 valence electrons. The van der Waals surface area contributed by atoms with Crippen LogP contribution in [0.3, 0.4) is 0 Å². The van der Waals surface area contributed by atoms with E-state index in [1.807, 2.05) is 6.92 Å². The second-order valence-electron chi connectivity index (χ2n) is 4.39. The van der Waals surface area contributed by atoms with Crippen LogP contribution in [-0.2, 0) is 4.74 Å². The first-order chi connectivity index (χ1) is 8.31. The molecule has 1 rings (SSSR count). The van der Waals surface area contributed by atoms with Crippen LogP contribution in [0.25, 0.3) is 0 Å². The lowest BCUT2D eigenvalue weighted by Crippen LogP contribution is -2.32. The second kappa shape index (κ2) is 8.37. The highest BCUT2D eigenvalue weighted by atomic mass is 19.1. The standard InChI is InChI=1S/C13H23FN2O/c1-3-15-13(17-2)10-11(6-4-8-14)12-7-5-9-16-12/h3-4,8,11-13,16H,5-7,9-10H2,1-2H3/b8-4+,15-3?/t11-,12?,13?/m0/s1. The molecule has 0 bridgehead atoms. The molecule has 0 aromatic rings. The molecule has 1 N–H and O–H groups in total. The molecule has 0 amide bonds. The molecule has 1 saturated heterocycles. The van der Waals surface area contributed by atoms with Crippen molar-refractivity contribution in [2.75, 3.05) is 13.7 Å². The van der Waals surface area contributed by atoms with Crippen molar-refractivity contribution >= 4 is 6.21 Å². The topological polar surface area (TPSA) is 33.6 Å². The fraction of sp³-hybridized carbons (Fsp3) is 0.769. The molecule has 0 saturated carbocycles. The number of methoxy groups -OCH3 is 1. The zero-order valence-corrected chi connectivity index (χ0v) is 10.7. The van der Waals surface area contributed by atoms with E-state index in [4.69, 9.17) is 4.74 Å². The van der Waals surface area contributed by atoms with Crippen LogP contribution in [0.15, 0.2) is 17.4 Å². The molecule has 2 unspecified atom stereocenters. The minimum atomic E-state index is -0.111. The number of halogens is 1. The number of nitrogens with zero attached hydrogens (tertiary/aromatic N) is 1. The highest BCUT2D eigenvalue weighted by molar-refractivity contribution is 5.53. The van der Waals surface area contributed by atoms with Crippen molar-refractivity contribution < 1.29 is 9.13 Å². The van der Waals surface area contributed by atoms with Gasteiger partial charge in [0, 0.05) is 13.2 Å². The molecular weight excluding hydrogens is 219 g/mol. The Labute approximate surface area is 103 Å². The maximum Gasteiger partial charge on any atom is 0.147 e. The van der Waals surface area contributed by atoms with Gasteiger partial charge in [0.2, 0.25) is 0 Å². The molecule has 3 nitrogen and oxygen atoms in total. The van der Waals surface area contributed by atoms with Crippen LogP contribution < -0.4 is 5.32 Å². The Kier molecular flexibility index (Phi) is 7.05. The van der Waals surface area contributed by atoms with Gasteiger partial charge in [0.15, 0.2) is 0 Å². The molecule has 4 heteroatoms. The van der Waals surface area contributed by atoms with E-state index in [9.17, 15) is 4.39 Å². The zero-order chi connectivity index (χ0) is 12.5. The maximum absolute atomic E-state index is 12.1. The van der Waals surface area contributed by atoms with Gasteiger partial charge in [0.25, 0.3) is 0 Å². The Bertz CT molecular complexity index is 250. The van der Waals surface area contributed by atoms with E-state index in [2.05, 4.69) is 10.3 Å². The Morgan fingerprint density at radius 2 is 2.41 bits per heavy atom. The third kappa shape index (κ3) is 4.96. The molecule has 0 aliphatic carbocycles. The lowest BCUT2D eigenvalue weighted by atomic mass is 9.91. The van der Waals surface area contributed by atoms with Gasteiger partial charge in [-0.2, -0.15) is 0 Å². The average Bonchev–Trinajstić information content (AvgIpc) is 2.86. The van der Waals surface area contributed by atoms with Crippen molar-refractivity contribution in [1.29, 1.82) is 0 Å². The minimum absolute atomic E-state index is 0.111. The van der Waals surface area contributed by atoms with Crippen LogP contribution in [0.4, 0.5) is 4.39 Å². The Morgan fingerprint density at radius 3 is 2.94 bits per heavy atom. The van der Waals surface area contributed by atoms with Crippen molar-refractivity contribution in [2.24, 2.45) is 10.9 Å². The summed E-state index contributed by atoms with van der Waals surface area (Å²) in [6.45, 7) is 2.95. The summed E-state index contributed by atoms with van der Waals surface area (Å²) in [6, 6.07) is 0.468. The lowest BCUT2D eigenvalue weighted by Gasteiger charge is -2.25. The van der Waals surface area contributed by atoms with Gasteiger partial charge in [-0.05, 0) is 51.3 Å². The maximum atomic E-state index is 12.1. The first-order valence-corrected chi connectivity index (χ1v) is 6.31. The van der Waals surface area contributed by atoms with E-state index in [1.54, 1.807) is 19.4 Å². The molecule has 3 atom stereocenters. The van der Waals surface area contributed by atoms with Crippen molar-refractivity contribution in [2.45, 2.75) is 44.9 Å². The second-order valence-corrected chi connectivity index (χ2v) is 4.39. The molecule has 0 aromatic carbocycles. The fourth-order valence-electron chi connectivity index (χ4n) is 2.41. The molecule has 1 aliphatic heterocycles. The number of ether oxygens (including phenoxy) is 1. The number of rotatable bonds is 7. The van der Waals surface area contributed by atoms with Crippen LogP contribution in [0.2, 0.25) is 0 Å². The first kappa shape index (κ1) is 14.3. The van der Waals surface area contributed by atoms with Gasteiger partial charge in [-0.3, -0.25) is 4.99 Å². The van der Waals surface area contributed by atoms with Gasteiger partial charge < -0.3 is 10.1 Å². The van der Waals surface area contributed by atoms with Gasteiger partial charge in [0.05, 0.1) is 6.33 Å². The van der Waals surface area contributed by atoms with E-state index >= 15 is 0 Å². The van der Waals surface area contributed by atoms with Crippen LogP contribution in [0.5, 0.6) is 0 Å². The molecule has 0 radical (unpaired) electrons. The summed E-state index contributed by atoms with van der Waals surface area (Å²) in [5, 5.41) is 3.47. The van der Waals surface area contributed by atoms with E-state index in [0.29, 0.717) is 18.3 Å². The summed E-state index contributed by atoms with van der Waals surface area (Å²) in [6.07, 6.45) is 7.82. The first-order valence-electron chi connectivity index (χ1n) is 6.31. The van der Waals surface area contributed by atoms with Crippen LogP contribution >= 0.6 is 0 Å². The molecule has 0 spiro atoms. The smallest absolute Gasteiger partial charge is 0.147 e. The highest BCUT2D eigenvalue weighted by Crippen LogP contribution is 2.24. The summed E-state index contributed by atoms with van der Waals surface area (Å²) in [5.74, 6) is 0.387. The molecular formula is C13H23FN2O. The van der Waals surface area contributed by atoms with E-state index in [1.165, 1.54) is 6.42 Å². The summed E-state index contributed by atoms with van der Waals surface area (Å²) < 4.78 is 17.5. The quantitative estimate of drug-likeness (QED) is 0.696. The minimum Gasteiger partial charge on any atom is -0.360 e. The SMILES string of the molecule is CC=NC(C[C@H](C/C=C/F)C1CCCN1)OC. The number of hydrogen-bond donors (Lipinski definition) is 1. The third-order valence-corrected chi connectivity index (χ3v) is 3.29. The van der Waals surface area contributed by atoms with Crippen molar-refractivity contribution in [3.8, 4) is 0 Å². The molecule has 17 heavy (non-hydrogen) atoms. The largest absolute Gasteiger partial charge is 0.360 e. The predicted molar refractivity (Wildman–Crippen MR) is 69.0 cm³/mol. The summed E-state index contributed by atoms with van der Waals surface area (Å²) in [5.41, 5.74) is 0. The molecule has 0 aromatic heterocycles. The Morgan fingerprint density at radius 1 is 1.59 bits per heavy atom. The lowest BCUT2D eigenvalue weighted by molar-refractivity contribution is 0.0823. The number of allylic oxidation sites excluding steroid dienone is 1. The Hall–Kier alpha value is -0.740. The van der Waals surface area contributed by atoms with Crippen molar-refractivity contribution in [3.63, 3.8) is 0 Å². The van der Waals surface area contributed by atoms with Gasteiger partial charge >= 0.3 is 0 Å². The van der Waals surface area contributed by atoms with Gasteiger partial charge in [0.1, 0.15) is 6.23 Å². The highest BCUT2D eigenvalue weighted by Gasteiger charge is 2.26. The van der Waals surface area contributed by atoms with Gasteiger partial charge in [-0.15, -0.1) is 0 Å². The number of aliphatic imine (C=N–C) groups is 1. The number of hydrogen-bond acceptors (Lipinski definition) is 3. The zero-order valence-electron chi connectivity index (χ0n) is 10.7. The van der Waals surface area contributed by atoms with Gasteiger partial charge in [-0.1, -0.05) is 6.08 Å². The van der Waals surface area contributed by atoms with Gasteiger partial charge in [-0.25, -0.2) is 4.39 Å². The van der Waals surface area contributed by atoms with E-state index < -0.39 is 0 Å². The van der Waals surface area contributed by atoms with Crippen molar-refractivity contribution in [3.05, 3.63) is 12.4 Å². The van der Waals surface area contributed by atoms with Crippen molar-refractivity contribution in [1.82, 2.24) is 5.32 Å². The Balaban J connectivity index is 2.54. The third-order valence-electron chi connectivity index (χ3n) is 3.29. The molecule has 1 fully saturated rings. The van der Waals surface area contributed by atoms with Crippen LogP contribution in [-0.4, -0.2) is 32.1 Å². The van der Waals surface area contributed by atoms with E-state index in [-0.39, 0.29) is 6.23 Å². The summed E-state index contributed by atoms with van der Waals surface area (Å²) in [7, 11) is 1.67. The monoisotopic (exact) mass is 242 g/mol. The number of nitrogens with one attached hydrogen (secondary N) is 1. The van der Waals surface area contributed by atoms with Crippen LogP contribution in [0, 0.1) is 5.92 Å². The summed E-state index contributed by atoms with van der Waals surface area (Å²) in [4.78, 5) is 4.27. The normalized spacial score (nSPS) is 24.8. The summed E-state index contributed by atoms with van der Waals surface area (Å²) >= 11 is 0. The van der Waals surface area contributed by atoms with E-state index in [0.717, 1.165) is 25.8 Å². The fourth-order valence-corrected chi connectivity index (χ4v) is 2.41. The predicted octanol–water partition coefficient (Wildman–Crippen LogP) is 2.68.